The number of ether oxygens (including phenoxy) is 1. The lowest BCUT2D eigenvalue weighted by Gasteiger charge is -2.12. The number of benzene rings is 2. The number of carbonyl (C=O) groups excluding carboxylic acids is 1. The van der Waals surface area contributed by atoms with Gasteiger partial charge in [0.25, 0.3) is 0 Å². The van der Waals surface area contributed by atoms with Crippen LogP contribution in [-0.2, 0) is 10.0 Å². The van der Waals surface area contributed by atoms with E-state index in [0.717, 1.165) is 4.31 Å². The highest BCUT2D eigenvalue weighted by molar-refractivity contribution is 7.89. The molecule has 0 aliphatic heterocycles. The van der Waals surface area contributed by atoms with Crippen molar-refractivity contribution in [2.75, 3.05) is 19.4 Å². The third-order valence-electron chi connectivity index (χ3n) is 2.83. The predicted octanol–water partition coefficient (Wildman–Crippen LogP) is 2.55. The Morgan fingerprint density at radius 3 is 2.14 bits per heavy atom. The molecule has 2 rings (SSSR count). The lowest BCUT2D eigenvalue weighted by molar-refractivity contribution is 0.215. The first-order valence-electron chi connectivity index (χ1n) is 6.46. The fourth-order valence-electron chi connectivity index (χ4n) is 1.66. The summed E-state index contributed by atoms with van der Waals surface area (Å²) in [6, 6.07) is 14.5. The van der Waals surface area contributed by atoms with E-state index in [1.54, 1.807) is 24.3 Å². The molecule has 6 nitrogen and oxygen atoms in total. The first-order valence-corrected chi connectivity index (χ1v) is 7.90. The van der Waals surface area contributed by atoms with Gasteiger partial charge in [0, 0.05) is 19.8 Å². The highest BCUT2D eigenvalue weighted by Gasteiger charge is 2.16. The minimum absolute atomic E-state index is 0.152. The van der Waals surface area contributed by atoms with Crippen molar-refractivity contribution in [1.82, 2.24) is 4.31 Å². The van der Waals surface area contributed by atoms with Gasteiger partial charge in [-0.3, -0.25) is 5.32 Å². The number of anilines is 1. The summed E-state index contributed by atoms with van der Waals surface area (Å²) in [5.41, 5.74) is 0.443. The summed E-state index contributed by atoms with van der Waals surface area (Å²) in [4.78, 5) is 11.9. The van der Waals surface area contributed by atoms with Gasteiger partial charge in [-0.15, -0.1) is 0 Å². The molecule has 0 atom stereocenters. The number of carbonyl (C=O) groups is 1. The van der Waals surface area contributed by atoms with Gasteiger partial charge in [0.1, 0.15) is 5.75 Å². The SMILES string of the molecule is CN(C)S(=O)(=O)c1ccc(NC(=O)Oc2ccccc2)cc1. The number of hydrogen-bond acceptors (Lipinski definition) is 4. The zero-order valence-corrected chi connectivity index (χ0v) is 13.0. The van der Waals surface area contributed by atoms with Crippen LogP contribution in [0.1, 0.15) is 0 Å². The van der Waals surface area contributed by atoms with Crippen LogP contribution in [0, 0.1) is 0 Å². The van der Waals surface area contributed by atoms with Gasteiger partial charge in [0.05, 0.1) is 4.90 Å². The molecular weight excluding hydrogens is 304 g/mol. The van der Waals surface area contributed by atoms with Crippen LogP contribution in [0.15, 0.2) is 59.5 Å². The summed E-state index contributed by atoms with van der Waals surface area (Å²) in [5.74, 6) is 0.423. The summed E-state index contributed by atoms with van der Waals surface area (Å²) in [6.45, 7) is 0. The van der Waals surface area contributed by atoms with Gasteiger partial charge >= 0.3 is 6.09 Å². The summed E-state index contributed by atoms with van der Waals surface area (Å²) >= 11 is 0. The van der Waals surface area contributed by atoms with E-state index in [9.17, 15) is 13.2 Å². The predicted molar refractivity (Wildman–Crippen MR) is 83.4 cm³/mol. The van der Waals surface area contributed by atoms with E-state index in [1.807, 2.05) is 6.07 Å². The second-order valence-electron chi connectivity index (χ2n) is 4.64. The Morgan fingerprint density at radius 2 is 1.59 bits per heavy atom. The Labute approximate surface area is 129 Å². The Bertz CT molecular complexity index is 741. The van der Waals surface area contributed by atoms with Crippen LogP contribution in [0.3, 0.4) is 0 Å². The molecule has 0 fully saturated rings. The zero-order valence-electron chi connectivity index (χ0n) is 12.2. The fraction of sp³-hybridized carbons (Fsp3) is 0.133. The van der Waals surface area contributed by atoms with E-state index in [1.165, 1.54) is 38.4 Å². The van der Waals surface area contributed by atoms with Crippen LogP contribution in [0.25, 0.3) is 0 Å². The Hall–Kier alpha value is -2.38. The molecule has 0 saturated carbocycles. The molecule has 0 aromatic heterocycles. The topological polar surface area (TPSA) is 75.7 Å². The van der Waals surface area contributed by atoms with Crippen LogP contribution in [0.4, 0.5) is 10.5 Å². The minimum Gasteiger partial charge on any atom is -0.410 e. The van der Waals surface area contributed by atoms with E-state index in [0.29, 0.717) is 11.4 Å². The molecule has 2 aromatic rings. The second kappa shape index (κ2) is 6.59. The molecular formula is C15H16N2O4S. The van der Waals surface area contributed by atoms with Crippen LogP contribution < -0.4 is 10.1 Å². The summed E-state index contributed by atoms with van der Waals surface area (Å²) in [6.07, 6.45) is -0.644. The molecule has 116 valence electrons. The van der Waals surface area contributed by atoms with Crippen molar-refractivity contribution in [2.24, 2.45) is 0 Å². The summed E-state index contributed by atoms with van der Waals surface area (Å²) in [7, 11) is -0.567. The van der Waals surface area contributed by atoms with E-state index in [-0.39, 0.29) is 4.90 Å². The highest BCUT2D eigenvalue weighted by Crippen LogP contribution is 2.17. The molecule has 0 radical (unpaired) electrons. The number of rotatable bonds is 4. The van der Waals surface area contributed by atoms with Crippen molar-refractivity contribution < 1.29 is 17.9 Å². The average molecular weight is 320 g/mol. The smallest absolute Gasteiger partial charge is 0.410 e. The highest BCUT2D eigenvalue weighted by atomic mass is 32.2. The molecule has 0 heterocycles. The maximum absolute atomic E-state index is 11.9. The molecule has 1 N–H and O–H groups in total. The molecule has 0 unspecified atom stereocenters. The lowest BCUT2D eigenvalue weighted by Crippen LogP contribution is -2.22. The van der Waals surface area contributed by atoms with Crippen molar-refractivity contribution in [3.05, 3.63) is 54.6 Å². The summed E-state index contributed by atoms with van der Waals surface area (Å²) < 4.78 is 30.0. The molecule has 0 aliphatic carbocycles. The molecule has 0 spiro atoms. The second-order valence-corrected chi connectivity index (χ2v) is 6.79. The molecule has 1 amide bonds. The number of nitrogens with one attached hydrogen (secondary N) is 1. The summed E-state index contributed by atoms with van der Waals surface area (Å²) in [5, 5.41) is 2.53. The van der Waals surface area contributed by atoms with Gasteiger partial charge in [-0.2, -0.15) is 0 Å². The Morgan fingerprint density at radius 1 is 1.00 bits per heavy atom. The van der Waals surface area contributed by atoms with Gasteiger partial charge in [-0.1, -0.05) is 18.2 Å². The Balaban J connectivity index is 2.04. The third-order valence-corrected chi connectivity index (χ3v) is 4.66. The van der Waals surface area contributed by atoms with Crippen molar-refractivity contribution in [3.8, 4) is 5.75 Å². The fourth-order valence-corrected chi connectivity index (χ4v) is 2.56. The Kier molecular flexibility index (Phi) is 4.79. The molecule has 0 saturated heterocycles. The van der Waals surface area contributed by atoms with Crippen LogP contribution in [-0.4, -0.2) is 32.9 Å². The van der Waals surface area contributed by atoms with Crippen molar-refractivity contribution in [2.45, 2.75) is 4.90 Å². The largest absolute Gasteiger partial charge is 0.417 e. The third kappa shape index (κ3) is 3.84. The maximum Gasteiger partial charge on any atom is 0.417 e. The van der Waals surface area contributed by atoms with Gasteiger partial charge in [0.2, 0.25) is 10.0 Å². The first-order chi connectivity index (χ1) is 10.4. The average Bonchev–Trinajstić information content (AvgIpc) is 2.48. The van der Waals surface area contributed by atoms with E-state index >= 15 is 0 Å². The lowest BCUT2D eigenvalue weighted by atomic mass is 10.3. The van der Waals surface area contributed by atoms with Crippen LogP contribution in [0.2, 0.25) is 0 Å². The van der Waals surface area contributed by atoms with E-state index in [4.69, 9.17) is 4.74 Å². The normalized spacial score (nSPS) is 11.2. The van der Waals surface area contributed by atoms with Crippen LogP contribution in [0.5, 0.6) is 5.75 Å². The van der Waals surface area contributed by atoms with E-state index in [2.05, 4.69) is 5.32 Å². The zero-order chi connectivity index (χ0) is 16.2. The van der Waals surface area contributed by atoms with Crippen molar-refractivity contribution in [1.29, 1.82) is 0 Å². The van der Waals surface area contributed by atoms with Gasteiger partial charge in [-0.25, -0.2) is 17.5 Å². The van der Waals surface area contributed by atoms with Crippen LogP contribution >= 0.6 is 0 Å². The molecule has 2 aromatic carbocycles. The van der Waals surface area contributed by atoms with Crippen molar-refractivity contribution >= 4 is 21.8 Å². The van der Waals surface area contributed by atoms with E-state index < -0.39 is 16.1 Å². The van der Waals surface area contributed by atoms with Crippen molar-refractivity contribution in [3.63, 3.8) is 0 Å². The number of nitrogens with zero attached hydrogens (tertiary/aromatic N) is 1. The quantitative estimate of drug-likeness (QED) is 0.939. The molecule has 0 aliphatic rings. The number of sulfonamides is 1. The first kappa shape index (κ1) is 16.0. The molecule has 22 heavy (non-hydrogen) atoms. The number of amides is 1. The monoisotopic (exact) mass is 320 g/mol. The number of para-hydroxylation sites is 1. The minimum atomic E-state index is -3.48. The standard InChI is InChI=1S/C15H16N2O4S/c1-17(2)22(19,20)14-10-8-12(9-11-14)16-15(18)21-13-6-4-3-5-7-13/h3-11H,1-2H3,(H,16,18). The molecule has 0 bridgehead atoms. The van der Waals surface area contributed by atoms with Gasteiger partial charge in [0.15, 0.2) is 0 Å². The molecule has 7 heteroatoms. The maximum atomic E-state index is 11.9. The van der Waals surface area contributed by atoms with Gasteiger partial charge < -0.3 is 4.74 Å². The van der Waals surface area contributed by atoms with Gasteiger partial charge in [-0.05, 0) is 36.4 Å². The number of hydrogen-bond donors (Lipinski definition) is 1.